The number of aliphatic hydroxyl groups excluding tert-OH is 2. The summed E-state index contributed by atoms with van der Waals surface area (Å²) in [4.78, 5) is 58.1. The molecule has 4 saturated heterocycles. The van der Waals surface area contributed by atoms with Gasteiger partial charge in [0.25, 0.3) is 11.8 Å². The fraction of sp³-hybridized carbons (Fsp3) is 0.442. The van der Waals surface area contributed by atoms with E-state index in [9.17, 15) is 33.4 Å². The van der Waals surface area contributed by atoms with Crippen LogP contribution in [0.2, 0.25) is 0 Å². The summed E-state index contributed by atoms with van der Waals surface area (Å²) < 4.78 is 50.1. The molecule has 2 aliphatic carbocycles. The number of methoxy groups -OCH3 is 2. The van der Waals surface area contributed by atoms with Crippen molar-refractivity contribution in [1.29, 1.82) is 0 Å². The van der Waals surface area contributed by atoms with Gasteiger partial charge in [-0.2, -0.15) is 23.5 Å². The van der Waals surface area contributed by atoms with E-state index in [0.29, 0.717) is 82.6 Å². The van der Waals surface area contributed by atoms with Gasteiger partial charge in [0.05, 0.1) is 55.5 Å². The third-order valence-electron chi connectivity index (χ3n) is 15.0. The van der Waals surface area contributed by atoms with Crippen LogP contribution in [-0.4, -0.2) is 118 Å². The van der Waals surface area contributed by atoms with Gasteiger partial charge in [-0.05, 0) is 101 Å². The summed E-state index contributed by atoms with van der Waals surface area (Å²) >= 11 is 3.69. The second-order valence-electron chi connectivity index (χ2n) is 19.9. The predicted molar refractivity (Wildman–Crippen MR) is 277 cm³/mol. The summed E-state index contributed by atoms with van der Waals surface area (Å²) in [5, 5.41) is 31.1. The predicted octanol–water partition coefficient (Wildman–Crippen LogP) is 6.70. The number of nitrogens with two attached hydrogens (primary N) is 1. The number of amides is 2. The number of aliphatic hydroxyl groups is 2. The van der Waals surface area contributed by atoms with E-state index in [1.807, 2.05) is 35.7 Å². The molecule has 394 valence electrons. The zero-order valence-corrected chi connectivity index (χ0v) is 42.8. The topological polar surface area (TPSA) is 268 Å². The van der Waals surface area contributed by atoms with Crippen LogP contribution in [0.3, 0.4) is 0 Å². The maximum atomic E-state index is 14.9. The van der Waals surface area contributed by atoms with Gasteiger partial charge in [0, 0.05) is 61.9 Å². The van der Waals surface area contributed by atoms with Crippen molar-refractivity contribution in [2.75, 3.05) is 49.6 Å². The van der Waals surface area contributed by atoms with Crippen LogP contribution in [0.15, 0.2) is 60.9 Å². The third kappa shape index (κ3) is 11.2. The standard InChI is InChI=1S/C26H28FN5O4S.C18H22FN3O2S.C8H6N2O3/c1-35-21-5-3-17-23(32-21)22(16(27)12-28-17)18(33)10-26-8-6-25(7-9-26,14-37-26)29-11-15-2-4-19-24(30-15)31-20(34)13-36-19;1-24-14-3-2-12-16(22-14)15(11(19)9-21-12)13(23)8-18-6-4-17(20,5-7-18)10-25-18;11-3-5-1-2-6-8(9-5)10-7(12)4-13-6/h2-5,12,18,29,33H,6-11,13-14H2,1H3,(H,30,31,34);2-3,9,13,23H,4-8,10,20H2,1H3;1-3H,4H2,(H,9,10,12). The number of hydrogen-bond donors (Lipinski definition) is 6. The normalized spacial score (nSPS) is 24.8. The van der Waals surface area contributed by atoms with Crippen LogP contribution >= 0.6 is 23.5 Å². The maximum absolute atomic E-state index is 14.9. The lowest BCUT2D eigenvalue weighted by atomic mass is 9.73. The van der Waals surface area contributed by atoms with Crippen LogP contribution in [0.5, 0.6) is 23.3 Å². The number of aromatic nitrogens is 6. The fourth-order valence-electron chi connectivity index (χ4n) is 10.6. The lowest BCUT2D eigenvalue weighted by Crippen LogP contribution is -2.57. The quantitative estimate of drug-likeness (QED) is 0.0696. The molecule has 6 aromatic heterocycles. The number of nitrogens with one attached hydrogen (secondary N) is 3. The summed E-state index contributed by atoms with van der Waals surface area (Å²) in [6, 6.07) is 13.7. The molecule has 14 rings (SSSR count). The fourth-order valence-corrected chi connectivity index (χ4v) is 14.0. The van der Waals surface area contributed by atoms with Crippen LogP contribution in [0.1, 0.15) is 104 Å². The largest absolute Gasteiger partial charge is 0.481 e. The van der Waals surface area contributed by atoms with Crippen molar-refractivity contribution in [1.82, 2.24) is 35.2 Å². The molecule has 4 bridgehead atoms. The number of aldehydes is 1. The number of hydrogen-bond acceptors (Lipinski definition) is 19. The van der Waals surface area contributed by atoms with Gasteiger partial charge in [-0.25, -0.2) is 28.7 Å². The zero-order chi connectivity index (χ0) is 52.5. The SMILES string of the molecule is COc1ccc2ncc(F)c(C(O)CC34CCC(N)(CC3)CS4)c2n1.COc1ccc2ncc(F)c(C(O)CC34CCC(NCc5ccc6c(n5)NC(=O)CO6)(CC3)CS4)c2n1.O=Cc1ccc2c(n1)NC(=O)CO2. The Morgan fingerprint density at radius 2 is 1.21 bits per heavy atom. The summed E-state index contributed by atoms with van der Waals surface area (Å²) in [5.74, 6) is 2.85. The maximum Gasteiger partial charge on any atom is 0.263 e. The molecule has 19 nitrogen and oxygen atoms in total. The lowest BCUT2D eigenvalue weighted by molar-refractivity contribution is -0.119. The Morgan fingerprint density at radius 3 is 1.69 bits per heavy atom. The summed E-state index contributed by atoms with van der Waals surface area (Å²) in [6.45, 7) is 0.591. The Balaban J connectivity index is 0.000000144. The average Bonchev–Trinajstić information content (AvgIpc) is 3.44. The van der Waals surface area contributed by atoms with Gasteiger partial charge in [-0.1, -0.05) is 0 Å². The first-order valence-corrected chi connectivity index (χ1v) is 26.6. The van der Waals surface area contributed by atoms with Gasteiger partial charge in [-0.3, -0.25) is 24.4 Å². The number of fused-ring (bicyclic) bond motifs is 10. The van der Waals surface area contributed by atoms with Gasteiger partial charge in [0.15, 0.2) is 42.6 Å². The molecule has 6 fully saturated rings. The van der Waals surface area contributed by atoms with Crippen molar-refractivity contribution < 1.29 is 52.3 Å². The van der Waals surface area contributed by atoms with E-state index in [1.54, 1.807) is 30.3 Å². The van der Waals surface area contributed by atoms with Gasteiger partial charge < -0.3 is 50.8 Å². The monoisotopic (exact) mass is 1070 g/mol. The Bertz CT molecular complexity index is 3130. The second-order valence-corrected chi connectivity index (χ2v) is 22.8. The van der Waals surface area contributed by atoms with Crippen LogP contribution in [0, 0.1) is 11.6 Å². The van der Waals surface area contributed by atoms with Gasteiger partial charge in [0.2, 0.25) is 11.8 Å². The van der Waals surface area contributed by atoms with Crippen LogP contribution < -0.4 is 40.6 Å². The molecule has 2 unspecified atom stereocenters. The highest BCUT2D eigenvalue weighted by Crippen LogP contribution is 2.56. The Labute approximate surface area is 438 Å². The number of thioether (sulfide) groups is 2. The molecule has 2 saturated carbocycles. The number of pyridine rings is 6. The van der Waals surface area contributed by atoms with Crippen molar-refractivity contribution in [2.24, 2.45) is 5.73 Å². The molecule has 7 N–H and O–H groups in total. The molecule has 0 spiro atoms. The number of carbonyl (C=O) groups excluding carboxylic acids is 3. The number of carbonyl (C=O) groups is 3. The molecule has 0 radical (unpaired) electrons. The van der Waals surface area contributed by atoms with Gasteiger partial charge in [0.1, 0.15) is 28.4 Å². The van der Waals surface area contributed by atoms with Crippen LogP contribution in [-0.2, 0) is 16.1 Å². The molecule has 8 aliphatic rings. The molecule has 6 aliphatic heterocycles. The lowest BCUT2D eigenvalue weighted by Gasteiger charge is -2.54. The van der Waals surface area contributed by atoms with E-state index in [0.717, 1.165) is 81.0 Å². The van der Waals surface area contributed by atoms with E-state index in [1.165, 1.54) is 20.3 Å². The van der Waals surface area contributed by atoms with Crippen molar-refractivity contribution in [2.45, 2.75) is 104 Å². The molecule has 2 atom stereocenters. The third-order valence-corrected chi connectivity index (χ3v) is 18.8. The summed E-state index contributed by atoms with van der Waals surface area (Å²) in [7, 11) is 3.01. The first kappa shape index (κ1) is 52.1. The number of anilines is 2. The van der Waals surface area contributed by atoms with E-state index in [-0.39, 0.29) is 62.4 Å². The molecule has 0 aromatic carbocycles. The number of nitrogens with zero attached hydrogens (tertiary/aromatic N) is 6. The molecule has 12 heterocycles. The summed E-state index contributed by atoms with van der Waals surface area (Å²) in [6.07, 6.45) is 9.60. The molecule has 6 aromatic rings. The van der Waals surface area contributed by atoms with Crippen molar-refractivity contribution >= 4 is 75.3 Å². The van der Waals surface area contributed by atoms with Crippen molar-refractivity contribution in [3.8, 4) is 23.3 Å². The second kappa shape index (κ2) is 21.3. The Kier molecular flexibility index (Phi) is 14.8. The van der Waals surface area contributed by atoms with Crippen molar-refractivity contribution in [3.63, 3.8) is 0 Å². The molecular weight excluding hydrogens is 1010 g/mol. The smallest absolute Gasteiger partial charge is 0.263 e. The first-order chi connectivity index (χ1) is 36.1. The van der Waals surface area contributed by atoms with E-state index < -0.39 is 23.8 Å². The minimum absolute atomic E-state index is 0.00485. The summed E-state index contributed by atoms with van der Waals surface area (Å²) in [5.41, 5.74) is 9.58. The highest BCUT2D eigenvalue weighted by molar-refractivity contribution is 8.01. The number of halogens is 2. The van der Waals surface area contributed by atoms with E-state index >= 15 is 0 Å². The minimum atomic E-state index is -0.992. The van der Waals surface area contributed by atoms with Crippen molar-refractivity contribution in [3.05, 3.63) is 95.1 Å². The molecular formula is C52H56F2N10O9S2. The van der Waals surface area contributed by atoms with Crippen LogP contribution in [0.4, 0.5) is 20.4 Å². The van der Waals surface area contributed by atoms with Crippen LogP contribution in [0.25, 0.3) is 22.1 Å². The van der Waals surface area contributed by atoms with Gasteiger partial charge >= 0.3 is 0 Å². The minimum Gasteiger partial charge on any atom is -0.481 e. The highest BCUT2D eigenvalue weighted by atomic mass is 32.2. The number of rotatable bonds is 12. The molecule has 75 heavy (non-hydrogen) atoms. The molecule has 2 amide bonds. The molecule has 23 heteroatoms. The highest BCUT2D eigenvalue weighted by Gasteiger charge is 2.51. The first-order valence-electron chi connectivity index (χ1n) is 24.6. The van der Waals surface area contributed by atoms with Gasteiger partial charge in [-0.15, -0.1) is 0 Å². The Morgan fingerprint density at radius 1 is 0.707 bits per heavy atom. The number of ether oxygens (including phenoxy) is 4. The van der Waals surface area contributed by atoms with E-state index in [4.69, 9.17) is 24.7 Å². The zero-order valence-electron chi connectivity index (χ0n) is 41.2. The average molecular weight is 1070 g/mol. The van der Waals surface area contributed by atoms with E-state index in [2.05, 4.69) is 45.9 Å². The Hall–Kier alpha value is -6.37.